The van der Waals surface area contributed by atoms with Gasteiger partial charge in [0.2, 0.25) is 0 Å². The summed E-state index contributed by atoms with van der Waals surface area (Å²) in [5, 5.41) is 12.5. The molecule has 100 valence electrons. The predicted molar refractivity (Wildman–Crippen MR) is 72.2 cm³/mol. The van der Waals surface area contributed by atoms with E-state index in [0.29, 0.717) is 18.7 Å². The van der Waals surface area contributed by atoms with E-state index >= 15 is 0 Å². The van der Waals surface area contributed by atoms with Crippen LogP contribution in [0.4, 0.5) is 4.39 Å². The zero-order valence-electron chi connectivity index (χ0n) is 10.9. The highest BCUT2D eigenvalue weighted by molar-refractivity contribution is 5.28. The molecule has 0 amide bonds. The number of aromatic hydroxyl groups is 1. The fraction of sp³-hybridized carbons (Fsp3) is 0.267. The molecule has 0 unspecified atom stereocenters. The highest BCUT2D eigenvalue weighted by Gasteiger charge is 2.03. The maximum absolute atomic E-state index is 13.1. The van der Waals surface area contributed by atoms with E-state index in [-0.39, 0.29) is 5.75 Å². The van der Waals surface area contributed by atoms with Crippen LogP contribution >= 0.6 is 0 Å². The summed E-state index contributed by atoms with van der Waals surface area (Å²) in [5.74, 6) is -0.479. The van der Waals surface area contributed by atoms with Gasteiger partial charge in [0.1, 0.15) is 11.6 Å². The van der Waals surface area contributed by atoms with Crippen LogP contribution in [0.15, 0.2) is 36.5 Å². The average Bonchev–Trinajstić information content (AvgIpc) is 2.38. The van der Waals surface area contributed by atoms with Gasteiger partial charge >= 0.3 is 0 Å². The highest BCUT2D eigenvalue weighted by atomic mass is 19.1. The Balaban J connectivity index is 1.96. The molecule has 1 aromatic carbocycles. The summed E-state index contributed by atoms with van der Waals surface area (Å²) in [4.78, 5) is 4.33. The standard InChI is InChI=1S/C15H17FN2O/c1-2-12-4-3-5-18-15(12)10-17-9-11-6-13(16)8-14(19)7-11/h3-8,17,19H,2,9-10H2,1H3. The normalized spacial score (nSPS) is 10.6. The smallest absolute Gasteiger partial charge is 0.127 e. The number of pyridine rings is 1. The van der Waals surface area contributed by atoms with Gasteiger partial charge in [-0.1, -0.05) is 13.0 Å². The zero-order valence-corrected chi connectivity index (χ0v) is 10.9. The molecule has 1 heterocycles. The van der Waals surface area contributed by atoms with Crippen LogP contribution in [-0.2, 0) is 19.5 Å². The monoisotopic (exact) mass is 260 g/mol. The van der Waals surface area contributed by atoms with Crippen molar-refractivity contribution >= 4 is 0 Å². The molecule has 0 bridgehead atoms. The number of nitrogens with zero attached hydrogens (tertiary/aromatic N) is 1. The Bertz CT molecular complexity index is 537. The number of phenolic OH excluding ortho intramolecular Hbond substituents is 1. The van der Waals surface area contributed by atoms with Gasteiger partial charge in [-0.25, -0.2) is 4.39 Å². The molecule has 0 spiro atoms. The number of nitrogens with one attached hydrogen (secondary N) is 1. The van der Waals surface area contributed by atoms with Crippen molar-refractivity contribution < 1.29 is 9.50 Å². The zero-order chi connectivity index (χ0) is 13.7. The van der Waals surface area contributed by atoms with Crippen molar-refractivity contribution in [2.24, 2.45) is 0 Å². The quantitative estimate of drug-likeness (QED) is 0.869. The summed E-state index contributed by atoms with van der Waals surface area (Å²) < 4.78 is 13.1. The number of benzene rings is 1. The van der Waals surface area contributed by atoms with Crippen molar-refractivity contribution in [2.45, 2.75) is 26.4 Å². The molecule has 2 N–H and O–H groups in total. The van der Waals surface area contributed by atoms with E-state index in [1.54, 1.807) is 12.3 Å². The molecule has 0 saturated carbocycles. The Hall–Kier alpha value is -1.94. The van der Waals surface area contributed by atoms with E-state index in [4.69, 9.17) is 0 Å². The van der Waals surface area contributed by atoms with Crippen LogP contribution in [0.5, 0.6) is 5.75 Å². The van der Waals surface area contributed by atoms with Crippen LogP contribution in [0, 0.1) is 5.82 Å². The third kappa shape index (κ3) is 3.76. The Morgan fingerprint density at radius 1 is 1.26 bits per heavy atom. The van der Waals surface area contributed by atoms with Crippen molar-refractivity contribution in [3.8, 4) is 5.75 Å². The van der Waals surface area contributed by atoms with Crippen molar-refractivity contribution in [3.05, 3.63) is 59.2 Å². The molecule has 2 rings (SSSR count). The molecular formula is C15H17FN2O. The van der Waals surface area contributed by atoms with E-state index in [9.17, 15) is 9.50 Å². The van der Waals surface area contributed by atoms with Gasteiger partial charge < -0.3 is 10.4 Å². The first kappa shape index (κ1) is 13.5. The van der Waals surface area contributed by atoms with Crippen molar-refractivity contribution in [3.63, 3.8) is 0 Å². The third-order valence-electron chi connectivity index (χ3n) is 2.93. The van der Waals surface area contributed by atoms with E-state index in [0.717, 1.165) is 18.2 Å². The number of phenols is 1. The Morgan fingerprint density at radius 3 is 2.84 bits per heavy atom. The molecule has 0 aliphatic rings. The lowest BCUT2D eigenvalue weighted by Gasteiger charge is -2.08. The number of aryl methyl sites for hydroxylation is 1. The van der Waals surface area contributed by atoms with Crippen LogP contribution in [0.25, 0.3) is 0 Å². The van der Waals surface area contributed by atoms with Gasteiger partial charge in [-0.3, -0.25) is 4.98 Å². The molecule has 2 aromatic rings. The Morgan fingerprint density at radius 2 is 2.11 bits per heavy atom. The van der Waals surface area contributed by atoms with Gasteiger partial charge in [0, 0.05) is 25.4 Å². The fourth-order valence-electron chi connectivity index (χ4n) is 2.01. The molecule has 0 saturated heterocycles. The second-order valence-corrected chi connectivity index (χ2v) is 4.38. The topological polar surface area (TPSA) is 45.2 Å². The van der Waals surface area contributed by atoms with Gasteiger partial charge in [0.15, 0.2) is 0 Å². The first-order valence-electron chi connectivity index (χ1n) is 6.31. The minimum absolute atomic E-state index is 0.0520. The third-order valence-corrected chi connectivity index (χ3v) is 2.93. The van der Waals surface area contributed by atoms with Gasteiger partial charge in [-0.2, -0.15) is 0 Å². The van der Waals surface area contributed by atoms with Crippen LogP contribution in [-0.4, -0.2) is 10.1 Å². The largest absolute Gasteiger partial charge is 0.508 e. The van der Waals surface area contributed by atoms with Gasteiger partial charge in [0.25, 0.3) is 0 Å². The highest BCUT2D eigenvalue weighted by Crippen LogP contribution is 2.14. The Labute approximate surface area is 112 Å². The maximum atomic E-state index is 13.1. The molecule has 0 aliphatic heterocycles. The van der Waals surface area contributed by atoms with Crippen LogP contribution < -0.4 is 5.32 Å². The van der Waals surface area contributed by atoms with Crippen molar-refractivity contribution in [2.75, 3.05) is 0 Å². The van der Waals surface area contributed by atoms with Crippen LogP contribution in [0.3, 0.4) is 0 Å². The number of aromatic nitrogens is 1. The van der Waals surface area contributed by atoms with Crippen LogP contribution in [0.2, 0.25) is 0 Å². The molecule has 1 aromatic heterocycles. The van der Waals surface area contributed by atoms with E-state index in [1.165, 1.54) is 11.6 Å². The number of rotatable bonds is 5. The summed E-state index contributed by atoms with van der Waals surface area (Å²) in [6.07, 6.45) is 2.70. The van der Waals surface area contributed by atoms with Crippen LogP contribution in [0.1, 0.15) is 23.7 Å². The lowest BCUT2D eigenvalue weighted by Crippen LogP contribution is -2.15. The Kier molecular flexibility index (Phi) is 4.47. The number of halogens is 1. The van der Waals surface area contributed by atoms with Gasteiger partial charge in [-0.15, -0.1) is 0 Å². The molecular weight excluding hydrogens is 243 g/mol. The summed E-state index contributed by atoms with van der Waals surface area (Å²) in [5.41, 5.74) is 2.93. The molecule has 0 fully saturated rings. The molecule has 0 radical (unpaired) electrons. The van der Waals surface area contributed by atoms with E-state index in [1.807, 2.05) is 6.07 Å². The molecule has 0 atom stereocenters. The minimum Gasteiger partial charge on any atom is -0.508 e. The molecule has 4 heteroatoms. The first-order chi connectivity index (χ1) is 9.19. The van der Waals surface area contributed by atoms with Gasteiger partial charge in [-0.05, 0) is 35.7 Å². The second-order valence-electron chi connectivity index (χ2n) is 4.38. The van der Waals surface area contributed by atoms with E-state index in [2.05, 4.69) is 23.3 Å². The second kappa shape index (κ2) is 6.29. The SMILES string of the molecule is CCc1cccnc1CNCc1cc(O)cc(F)c1. The summed E-state index contributed by atoms with van der Waals surface area (Å²) >= 11 is 0. The minimum atomic E-state index is -0.427. The fourth-order valence-corrected chi connectivity index (χ4v) is 2.01. The van der Waals surface area contributed by atoms with Crippen molar-refractivity contribution in [1.82, 2.24) is 10.3 Å². The predicted octanol–water partition coefficient (Wildman–Crippen LogP) is 2.78. The lowest BCUT2D eigenvalue weighted by atomic mass is 10.1. The van der Waals surface area contributed by atoms with E-state index < -0.39 is 5.82 Å². The van der Waals surface area contributed by atoms with Crippen molar-refractivity contribution in [1.29, 1.82) is 0 Å². The molecule has 0 aliphatic carbocycles. The average molecular weight is 260 g/mol. The summed E-state index contributed by atoms with van der Waals surface area (Å²) in [7, 11) is 0. The molecule has 3 nitrogen and oxygen atoms in total. The first-order valence-corrected chi connectivity index (χ1v) is 6.31. The summed E-state index contributed by atoms with van der Waals surface area (Å²) in [6.45, 7) is 3.21. The van der Waals surface area contributed by atoms with Gasteiger partial charge in [0.05, 0.1) is 5.69 Å². The summed E-state index contributed by atoms with van der Waals surface area (Å²) in [6, 6.07) is 8.03. The number of hydrogen-bond acceptors (Lipinski definition) is 3. The maximum Gasteiger partial charge on any atom is 0.127 e. The molecule has 19 heavy (non-hydrogen) atoms. The lowest BCUT2D eigenvalue weighted by molar-refractivity contribution is 0.467. The number of hydrogen-bond donors (Lipinski definition) is 2.